The van der Waals surface area contributed by atoms with Crippen molar-refractivity contribution >= 4 is 46.2 Å². The monoisotopic (exact) mass is 735 g/mol. The first-order valence-corrected chi connectivity index (χ1v) is 17.3. The summed E-state index contributed by atoms with van der Waals surface area (Å²) in [6.07, 6.45) is -0.179. The van der Waals surface area contributed by atoms with Crippen LogP contribution in [0.25, 0.3) is 21.5 Å². The number of aliphatic hydroxyl groups is 1. The van der Waals surface area contributed by atoms with Gasteiger partial charge in [-0.05, 0) is 69.1 Å². The van der Waals surface area contributed by atoms with Gasteiger partial charge >= 0.3 is 6.09 Å². The predicted molar refractivity (Wildman–Crippen MR) is 180 cm³/mol. The molecule has 1 saturated heterocycles. The molecule has 6 rings (SSSR count). The molecule has 2 unspecified atom stereocenters. The molecule has 1 aromatic carbocycles. The summed E-state index contributed by atoms with van der Waals surface area (Å²) in [7, 11) is 1.71. The Kier molecular flexibility index (Phi) is 9.74. The molecule has 2 aliphatic rings. The van der Waals surface area contributed by atoms with Crippen LogP contribution in [0.5, 0.6) is 0 Å². The van der Waals surface area contributed by atoms with Crippen LogP contribution in [0.4, 0.5) is 18.0 Å². The second kappa shape index (κ2) is 13.6. The Balaban J connectivity index is 1.13. The number of piperidine rings is 1. The summed E-state index contributed by atoms with van der Waals surface area (Å²) in [6.45, 7) is 5.50. The second-order valence-corrected chi connectivity index (χ2v) is 15.1. The largest absolute Gasteiger partial charge is 0.444 e. The average molecular weight is 736 g/mol. The predicted octanol–water partition coefficient (Wildman–Crippen LogP) is 5.09. The summed E-state index contributed by atoms with van der Waals surface area (Å²) >= 11 is 8.04. The first-order valence-electron chi connectivity index (χ1n) is 16.1. The molecule has 4 heterocycles. The van der Waals surface area contributed by atoms with Gasteiger partial charge in [0.1, 0.15) is 17.2 Å². The van der Waals surface area contributed by atoms with E-state index in [1.807, 2.05) is 32.9 Å². The molecule has 0 saturated carbocycles. The Hall–Kier alpha value is -4.02. The molecule has 1 fully saturated rings. The number of rotatable bonds is 8. The first kappa shape index (κ1) is 35.8. The molecule has 50 heavy (non-hydrogen) atoms. The fraction of sp³-hybridized carbons (Fsp3) is 0.515. The Labute approximate surface area is 294 Å². The summed E-state index contributed by atoms with van der Waals surface area (Å²) < 4.78 is 52.6. The topological polar surface area (TPSA) is 136 Å². The molecular weight excluding hydrogens is 699 g/mol. The Morgan fingerprint density at radius 2 is 1.90 bits per heavy atom. The number of fused-ring (bicyclic) bond motifs is 2. The second-order valence-electron chi connectivity index (χ2n) is 13.9. The van der Waals surface area contributed by atoms with Gasteiger partial charge in [0.15, 0.2) is 5.52 Å². The standard InChI is InChI=1S/C33H37ClF3N7O5S/c1-32(2,3)49-31(47)41(4)19-13-18-5-6-20(25(34)21(18)14-19)28-26-27(40-50-28)30(46)43(17-38-26)16-33(48)8-11-42(12-9-33)24(45)15-22(29(36)37)44-10-7-23(35)39-44/h5-7,10,17,19,22,29,48H,8-9,11-16H2,1-4H3. The van der Waals surface area contributed by atoms with Crippen LogP contribution in [-0.4, -0.2) is 94.4 Å². The number of hydrogen-bond acceptors (Lipinski definition) is 9. The zero-order valence-corrected chi connectivity index (χ0v) is 29.5. The van der Waals surface area contributed by atoms with Crippen molar-refractivity contribution in [2.45, 2.75) is 89.1 Å². The fourth-order valence-corrected chi connectivity index (χ4v) is 7.73. The molecule has 2 atom stereocenters. The van der Waals surface area contributed by atoms with E-state index in [4.69, 9.17) is 16.3 Å². The Morgan fingerprint density at radius 3 is 2.54 bits per heavy atom. The SMILES string of the molecule is CN(C(=O)OC(C)(C)C)C1Cc2ccc(-c3snc4c(=O)n(CC5(O)CCN(C(=O)CC(C(F)F)n6ccc(F)n6)CC5)cnc34)c(Cl)c2C1. The molecule has 17 heteroatoms. The van der Waals surface area contributed by atoms with Crippen LogP contribution in [0.2, 0.25) is 5.02 Å². The highest BCUT2D eigenvalue weighted by molar-refractivity contribution is 7.11. The van der Waals surface area contributed by atoms with E-state index < -0.39 is 53.6 Å². The molecular formula is C33H37ClF3N7O5S. The van der Waals surface area contributed by atoms with Gasteiger partial charge in [-0.2, -0.15) is 8.76 Å². The zero-order chi connectivity index (χ0) is 36.1. The van der Waals surface area contributed by atoms with Crippen LogP contribution in [0.1, 0.15) is 57.2 Å². The lowest BCUT2D eigenvalue weighted by atomic mass is 9.91. The van der Waals surface area contributed by atoms with Crippen molar-refractivity contribution in [3.05, 3.63) is 63.2 Å². The number of benzene rings is 1. The number of nitrogens with zero attached hydrogens (tertiary/aromatic N) is 7. The number of alkyl halides is 2. The van der Waals surface area contributed by atoms with E-state index in [0.717, 1.165) is 39.6 Å². The van der Waals surface area contributed by atoms with Gasteiger partial charge in [-0.1, -0.05) is 23.7 Å². The number of likely N-dealkylation sites (tertiary alicyclic amines) is 1. The Morgan fingerprint density at radius 1 is 1.18 bits per heavy atom. The van der Waals surface area contributed by atoms with Crippen molar-refractivity contribution in [2.24, 2.45) is 0 Å². The molecule has 0 spiro atoms. The van der Waals surface area contributed by atoms with Gasteiger partial charge in [-0.15, -0.1) is 5.10 Å². The number of ether oxygens (including phenoxy) is 1. The van der Waals surface area contributed by atoms with Gasteiger partial charge in [0.25, 0.3) is 12.0 Å². The molecule has 0 bridgehead atoms. The maximum atomic E-state index is 13.7. The van der Waals surface area contributed by atoms with E-state index in [-0.39, 0.29) is 44.0 Å². The van der Waals surface area contributed by atoms with Gasteiger partial charge in [0, 0.05) is 44.0 Å². The first-order chi connectivity index (χ1) is 23.5. The van der Waals surface area contributed by atoms with Crippen molar-refractivity contribution in [3.8, 4) is 10.4 Å². The summed E-state index contributed by atoms with van der Waals surface area (Å²) in [4.78, 5) is 47.2. The highest BCUT2D eigenvalue weighted by Gasteiger charge is 2.37. The lowest BCUT2D eigenvalue weighted by molar-refractivity contribution is -0.138. The highest BCUT2D eigenvalue weighted by Crippen LogP contribution is 2.41. The van der Waals surface area contributed by atoms with Gasteiger partial charge in [-0.25, -0.2) is 18.6 Å². The van der Waals surface area contributed by atoms with E-state index in [1.54, 1.807) is 11.9 Å². The van der Waals surface area contributed by atoms with Crippen molar-refractivity contribution in [1.29, 1.82) is 0 Å². The molecule has 4 aromatic rings. The normalized spacial score (nSPS) is 18.0. The van der Waals surface area contributed by atoms with Crippen molar-refractivity contribution < 1.29 is 32.6 Å². The van der Waals surface area contributed by atoms with Gasteiger partial charge in [0.2, 0.25) is 11.9 Å². The number of aromatic nitrogens is 5. The van der Waals surface area contributed by atoms with Gasteiger partial charge in [-0.3, -0.25) is 18.8 Å². The smallest absolute Gasteiger partial charge is 0.410 e. The third-order valence-electron chi connectivity index (χ3n) is 9.27. The van der Waals surface area contributed by atoms with Gasteiger partial charge in [0.05, 0.1) is 34.8 Å². The van der Waals surface area contributed by atoms with E-state index >= 15 is 0 Å². The average Bonchev–Trinajstić information content (AvgIpc) is 3.79. The minimum Gasteiger partial charge on any atom is -0.444 e. The Bertz CT molecular complexity index is 1990. The van der Waals surface area contributed by atoms with Crippen LogP contribution < -0.4 is 5.56 Å². The molecule has 1 N–H and O–H groups in total. The maximum Gasteiger partial charge on any atom is 0.410 e. The lowest BCUT2D eigenvalue weighted by Crippen LogP contribution is -2.50. The summed E-state index contributed by atoms with van der Waals surface area (Å²) in [6, 6.07) is 3.01. The molecule has 3 aromatic heterocycles. The van der Waals surface area contributed by atoms with Crippen LogP contribution in [0.3, 0.4) is 0 Å². The van der Waals surface area contributed by atoms with Crippen LogP contribution >= 0.6 is 23.1 Å². The summed E-state index contributed by atoms with van der Waals surface area (Å²) in [5, 5.41) is 15.3. The number of halogens is 4. The number of carbonyl (C=O) groups is 2. The number of carbonyl (C=O) groups excluding carboxylic acids is 2. The van der Waals surface area contributed by atoms with E-state index in [0.29, 0.717) is 33.8 Å². The minimum absolute atomic E-state index is 0.0787. The quantitative estimate of drug-likeness (QED) is 0.265. The maximum absolute atomic E-state index is 13.7. The van der Waals surface area contributed by atoms with Crippen LogP contribution in [0.15, 0.2) is 35.5 Å². The van der Waals surface area contributed by atoms with E-state index in [2.05, 4.69) is 14.5 Å². The third-order valence-corrected chi connectivity index (χ3v) is 10.6. The van der Waals surface area contributed by atoms with E-state index in [1.165, 1.54) is 15.8 Å². The zero-order valence-electron chi connectivity index (χ0n) is 27.9. The van der Waals surface area contributed by atoms with E-state index in [9.17, 15) is 32.7 Å². The lowest BCUT2D eigenvalue weighted by Gasteiger charge is -2.38. The molecule has 1 aliphatic carbocycles. The number of amides is 2. The molecule has 0 radical (unpaired) electrons. The fourth-order valence-electron chi connectivity index (χ4n) is 6.47. The number of hydrogen-bond donors (Lipinski definition) is 1. The van der Waals surface area contributed by atoms with Crippen molar-refractivity contribution in [2.75, 3.05) is 20.1 Å². The third kappa shape index (κ3) is 7.23. The summed E-state index contributed by atoms with van der Waals surface area (Å²) in [5.41, 5.74) is 0.657. The molecule has 12 nitrogen and oxygen atoms in total. The van der Waals surface area contributed by atoms with Gasteiger partial charge < -0.3 is 19.6 Å². The molecule has 268 valence electrons. The number of likely N-dealkylation sites (N-methyl/N-ethyl adjacent to an activating group) is 1. The molecule has 1 aliphatic heterocycles. The summed E-state index contributed by atoms with van der Waals surface area (Å²) in [5.74, 6) is -1.49. The van der Waals surface area contributed by atoms with Crippen molar-refractivity contribution in [3.63, 3.8) is 0 Å². The van der Waals surface area contributed by atoms with Crippen LogP contribution in [0, 0.1) is 5.95 Å². The molecule has 2 amide bonds. The van der Waals surface area contributed by atoms with Crippen LogP contribution in [-0.2, 0) is 28.9 Å². The minimum atomic E-state index is -2.94. The van der Waals surface area contributed by atoms with Crippen molar-refractivity contribution in [1.82, 2.24) is 33.5 Å². The highest BCUT2D eigenvalue weighted by atomic mass is 35.5.